The van der Waals surface area contributed by atoms with Gasteiger partial charge in [0.2, 0.25) is 0 Å². The molecular formula is C7H4F4N2O. The normalized spacial score (nSPS) is 10.3. The van der Waals surface area contributed by atoms with Crippen LogP contribution in [0.25, 0.3) is 0 Å². The standard InChI is InChI=1S/C7H4F4N2O/c8-2-1(7(13)14)6(12)5(11)4(10)3(2)9/h12H2,(H2,13,14). The second-order valence-electron chi connectivity index (χ2n) is 2.41. The maximum atomic E-state index is 12.8. The number of amides is 1. The third kappa shape index (κ3) is 1.26. The SMILES string of the molecule is NC(=O)c1c(N)c(F)c(F)c(F)c1F. The molecule has 1 aromatic rings. The molecule has 14 heavy (non-hydrogen) atoms. The molecule has 0 bridgehead atoms. The lowest BCUT2D eigenvalue weighted by Crippen LogP contribution is -2.19. The van der Waals surface area contributed by atoms with Gasteiger partial charge in [0, 0.05) is 0 Å². The van der Waals surface area contributed by atoms with Gasteiger partial charge in [-0.25, -0.2) is 17.6 Å². The maximum absolute atomic E-state index is 12.8. The van der Waals surface area contributed by atoms with Crippen molar-refractivity contribution in [2.45, 2.75) is 0 Å². The smallest absolute Gasteiger partial charge is 0.254 e. The number of nitrogens with two attached hydrogens (primary N) is 2. The summed E-state index contributed by atoms with van der Waals surface area (Å²) in [4.78, 5) is 10.5. The van der Waals surface area contributed by atoms with Crippen LogP contribution >= 0.6 is 0 Å². The van der Waals surface area contributed by atoms with E-state index < -0.39 is 40.4 Å². The van der Waals surface area contributed by atoms with Gasteiger partial charge in [-0.15, -0.1) is 0 Å². The van der Waals surface area contributed by atoms with E-state index in [4.69, 9.17) is 5.73 Å². The van der Waals surface area contributed by atoms with E-state index in [9.17, 15) is 22.4 Å². The topological polar surface area (TPSA) is 69.1 Å². The van der Waals surface area contributed by atoms with Gasteiger partial charge in [-0.05, 0) is 0 Å². The molecule has 0 aliphatic carbocycles. The summed E-state index contributed by atoms with van der Waals surface area (Å²) in [5.41, 5.74) is 7.08. The van der Waals surface area contributed by atoms with Crippen LogP contribution in [0.2, 0.25) is 0 Å². The Balaban J connectivity index is 3.68. The lowest BCUT2D eigenvalue weighted by Gasteiger charge is -2.06. The largest absolute Gasteiger partial charge is 0.396 e. The summed E-state index contributed by atoms with van der Waals surface area (Å²) < 4.78 is 50.5. The van der Waals surface area contributed by atoms with Crippen molar-refractivity contribution in [3.8, 4) is 0 Å². The molecule has 1 aromatic carbocycles. The number of primary amides is 1. The van der Waals surface area contributed by atoms with Crippen LogP contribution in [-0.2, 0) is 0 Å². The van der Waals surface area contributed by atoms with Gasteiger partial charge in [-0.2, -0.15) is 0 Å². The van der Waals surface area contributed by atoms with Gasteiger partial charge in [0.1, 0.15) is 5.56 Å². The molecule has 0 heterocycles. The second kappa shape index (κ2) is 3.17. The van der Waals surface area contributed by atoms with E-state index in [0.717, 1.165) is 0 Å². The fourth-order valence-corrected chi connectivity index (χ4v) is 0.890. The third-order valence-corrected chi connectivity index (χ3v) is 1.55. The van der Waals surface area contributed by atoms with Crippen molar-refractivity contribution in [2.75, 3.05) is 5.73 Å². The van der Waals surface area contributed by atoms with E-state index in [1.165, 1.54) is 0 Å². The Morgan fingerprint density at radius 3 is 1.79 bits per heavy atom. The number of hydrogen-bond acceptors (Lipinski definition) is 2. The van der Waals surface area contributed by atoms with Crippen LogP contribution in [0.4, 0.5) is 23.2 Å². The molecule has 4 N–H and O–H groups in total. The van der Waals surface area contributed by atoms with Gasteiger partial charge in [0.25, 0.3) is 5.91 Å². The summed E-state index contributed by atoms with van der Waals surface area (Å²) in [5, 5.41) is 0. The molecule has 0 saturated heterocycles. The first-order chi connectivity index (χ1) is 6.37. The minimum absolute atomic E-state index is 1.14. The predicted octanol–water partition coefficient (Wildman–Crippen LogP) is 0.924. The van der Waals surface area contributed by atoms with E-state index in [1.807, 2.05) is 0 Å². The molecule has 0 aliphatic rings. The van der Waals surface area contributed by atoms with Crippen molar-refractivity contribution in [2.24, 2.45) is 5.73 Å². The minimum atomic E-state index is -2.12. The fraction of sp³-hybridized carbons (Fsp3) is 0. The summed E-state index contributed by atoms with van der Waals surface area (Å²) in [6, 6.07) is 0. The fourth-order valence-electron chi connectivity index (χ4n) is 0.890. The molecule has 0 saturated carbocycles. The zero-order chi connectivity index (χ0) is 11.0. The van der Waals surface area contributed by atoms with Crippen LogP contribution in [0, 0.1) is 23.3 Å². The Bertz CT molecular complexity index is 390. The molecule has 0 atom stereocenters. The van der Waals surface area contributed by atoms with E-state index in [1.54, 1.807) is 0 Å². The van der Waals surface area contributed by atoms with E-state index in [2.05, 4.69) is 5.73 Å². The highest BCUT2D eigenvalue weighted by atomic mass is 19.2. The number of hydrogen-bond donors (Lipinski definition) is 2. The molecule has 0 fully saturated rings. The van der Waals surface area contributed by atoms with Gasteiger partial charge in [0.15, 0.2) is 23.3 Å². The highest BCUT2D eigenvalue weighted by Gasteiger charge is 2.26. The highest BCUT2D eigenvalue weighted by molar-refractivity contribution is 5.98. The molecule has 76 valence electrons. The average Bonchev–Trinajstić information content (AvgIpc) is 2.11. The first-order valence-electron chi connectivity index (χ1n) is 3.29. The van der Waals surface area contributed by atoms with Gasteiger partial charge in [0.05, 0.1) is 5.69 Å². The molecule has 0 spiro atoms. The van der Waals surface area contributed by atoms with Crippen LogP contribution in [0.3, 0.4) is 0 Å². The second-order valence-corrected chi connectivity index (χ2v) is 2.41. The van der Waals surface area contributed by atoms with E-state index in [0.29, 0.717) is 0 Å². The quantitative estimate of drug-likeness (QED) is 0.312. The number of rotatable bonds is 1. The zero-order valence-corrected chi connectivity index (χ0v) is 6.57. The summed E-state index contributed by atoms with van der Waals surface area (Å²) in [7, 11) is 0. The Hall–Kier alpha value is -1.79. The molecule has 1 rings (SSSR count). The van der Waals surface area contributed by atoms with Gasteiger partial charge < -0.3 is 11.5 Å². The Labute approximate surface area is 75.3 Å². The summed E-state index contributed by atoms with van der Waals surface area (Å²) in [6.07, 6.45) is 0. The van der Waals surface area contributed by atoms with Crippen LogP contribution in [0.15, 0.2) is 0 Å². The lowest BCUT2D eigenvalue weighted by atomic mass is 10.1. The lowest BCUT2D eigenvalue weighted by molar-refractivity contribution is 0.0995. The van der Waals surface area contributed by atoms with Gasteiger partial charge in [-0.1, -0.05) is 0 Å². The molecule has 1 amide bonds. The molecule has 7 heteroatoms. The van der Waals surface area contributed by atoms with Crippen molar-refractivity contribution >= 4 is 11.6 Å². The molecule has 0 unspecified atom stereocenters. The Kier molecular flexibility index (Phi) is 2.33. The zero-order valence-electron chi connectivity index (χ0n) is 6.57. The number of carbonyl (C=O) groups excluding carboxylic acids is 1. The van der Waals surface area contributed by atoms with E-state index >= 15 is 0 Å². The summed E-state index contributed by atoms with van der Waals surface area (Å²) in [5.74, 6) is -9.40. The van der Waals surface area contributed by atoms with Crippen LogP contribution in [0.1, 0.15) is 10.4 Å². The highest BCUT2D eigenvalue weighted by Crippen LogP contribution is 2.25. The Morgan fingerprint density at radius 1 is 0.929 bits per heavy atom. The van der Waals surface area contributed by atoms with Crippen LogP contribution in [-0.4, -0.2) is 5.91 Å². The summed E-state index contributed by atoms with van der Waals surface area (Å²) in [6.45, 7) is 0. The molecule has 3 nitrogen and oxygen atoms in total. The van der Waals surface area contributed by atoms with Gasteiger partial charge >= 0.3 is 0 Å². The third-order valence-electron chi connectivity index (χ3n) is 1.55. The van der Waals surface area contributed by atoms with E-state index in [-0.39, 0.29) is 0 Å². The first kappa shape index (κ1) is 10.3. The van der Waals surface area contributed by atoms with Crippen LogP contribution < -0.4 is 11.5 Å². The van der Waals surface area contributed by atoms with Crippen molar-refractivity contribution in [3.63, 3.8) is 0 Å². The number of halogens is 4. The van der Waals surface area contributed by atoms with Crippen LogP contribution in [0.5, 0.6) is 0 Å². The van der Waals surface area contributed by atoms with Crippen molar-refractivity contribution in [1.29, 1.82) is 0 Å². The molecular weight excluding hydrogens is 204 g/mol. The van der Waals surface area contributed by atoms with Crippen molar-refractivity contribution in [3.05, 3.63) is 28.8 Å². The predicted molar refractivity (Wildman–Crippen MR) is 39.2 cm³/mol. The van der Waals surface area contributed by atoms with Crippen molar-refractivity contribution < 1.29 is 22.4 Å². The molecule has 0 aliphatic heterocycles. The average molecular weight is 208 g/mol. The maximum Gasteiger partial charge on any atom is 0.254 e. The van der Waals surface area contributed by atoms with Crippen molar-refractivity contribution in [1.82, 2.24) is 0 Å². The summed E-state index contributed by atoms with van der Waals surface area (Å²) >= 11 is 0. The number of anilines is 1. The number of carbonyl (C=O) groups is 1. The van der Waals surface area contributed by atoms with Gasteiger partial charge in [-0.3, -0.25) is 4.79 Å². The number of nitrogen functional groups attached to an aromatic ring is 1. The Morgan fingerprint density at radius 2 is 1.36 bits per heavy atom. The molecule has 0 radical (unpaired) electrons. The molecule has 0 aromatic heterocycles. The number of benzene rings is 1. The first-order valence-corrected chi connectivity index (χ1v) is 3.29. The monoisotopic (exact) mass is 208 g/mol. The minimum Gasteiger partial charge on any atom is -0.396 e.